The SMILES string of the molecule is COCC1CCCN1C(=O)c1ccc(-n2cc(-c3n[nH]c4ccccc34)nn2)cc1. The fourth-order valence-electron chi connectivity index (χ4n) is 4.05. The smallest absolute Gasteiger partial charge is 0.254 e. The van der Waals surface area contributed by atoms with Crippen LogP contribution in [0.5, 0.6) is 0 Å². The molecule has 1 unspecified atom stereocenters. The van der Waals surface area contributed by atoms with Crippen LogP contribution in [0, 0.1) is 0 Å². The van der Waals surface area contributed by atoms with Gasteiger partial charge in [-0.1, -0.05) is 23.4 Å². The van der Waals surface area contributed by atoms with E-state index in [1.807, 2.05) is 59.6 Å². The van der Waals surface area contributed by atoms with Crippen LogP contribution in [0.1, 0.15) is 23.2 Å². The zero-order chi connectivity index (χ0) is 20.5. The molecule has 0 saturated carbocycles. The van der Waals surface area contributed by atoms with Gasteiger partial charge in [-0.05, 0) is 43.2 Å². The van der Waals surface area contributed by atoms with E-state index in [1.165, 1.54) is 0 Å². The Morgan fingerprint density at radius 2 is 2.03 bits per heavy atom. The Bertz CT molecular complexity index is 1180. The maximum atomic E-state index is 12.9. The number of hydrogen-bond donors (Lipinski definition) is 1. The van der Waals surface area contributed by atoms with E-state index < -0.39 is 0 Å². The van der Waals surface area contributed by atoms with Crippen molar-refractivity contribution in [2.24, 2.45) is 0 Å². The maximum absolute atomic E-state index is 12.9. The Hall–Kier alpha value is -3.52. The van der Waals surface area contributed by atoms with Gasteiger partial charge in [0, 0.05) is 24.6 Å². The molecular formula is C22H22N6O2. The molecule has 1 fully saturated rings. The van der Waals surface area contributed by atoms with Crippen LogP contribution >= 0.6 is 0 Å². The van der Waals surface area contributed by atoms with Crippen molar-refractivity contribution in [3.05, 3.63) is 60.3 Å². The number of fused-ring (bicyclic) bond motifs is 1. The van der Waals surface area contributed by atoms with E-state index in [0.717, 1.165) is 41.7 Å². The summed E-state index contributed by atoms with van der Waals surface area (Å²) in [5.41, 5.74) is 3.91. The number of carbonyl (C=O) groups is 1. The maximum Gasteiger partial charge on any atom is 0.254 e. The van der Waals surface area contributed by atoms with Crippen molar-refractivity contribution in [2.75, 3.05) is 20.3 Å². The van der Waals surface area contributed by atoms with E-state index in [-0.39, 0.29) is 11.9 Å². The second-order valence-corrected chi connectivity index (χ2v) is 7.46. The monoisotopic (exact) mass is 402 g/mol. The average molecular weight is 402 g/mol. The van der Waals surface area contributed by atoms with Gasteiger partial charge in [0.15, 0.2) is 0 Å². The topological polar surface area (TPSA) is 88.9 Å². The molecule has 1 amide bonds. The number of hydrogen-bond acceptors (Lipinski definition) is 5. The first-order valence-electron chi connectivity index (χ1n) is 10.0. The van der Waals surface area contributed by atoms with Gasteiger partial charge in [0.05, 0.1) is 30.0 Å². The lowest BCUT2D eigenvalue weighted by atomic mass is 10.1. The number of nitrogens with one attached hydrogen (secondary N) is 1. The number of nitrogens with zero attached hydrogens (tertiary/aromatic N) is 5. The molecule has 1 aliphatic heterocycles. The lowest BCUT2D eigenvalue weighted by Crippen LogP contribution is -2.38. The van der Waals surface area contributed by atoms with E-state index in [9.17, 15) is 4.79 Å². The molecule has 4 aromatic rings. The average Bonchev–Trinajstić information content (AvgIpc) is 3.53. The van der Waals surface area contributed by atoms with Gasteiger partial charge >= 0.3 is 0 Å². The Morgan fingerprint density at radius 1 is 1.20 bits per heavy atom. The third-order valence-electron chi connectivity index (χ3n) is 5.58. The van der Waals surface area contributed by atoms with Crippen molar-refractivity contribution in [3.8, 4) is 17.1 Å². The van der Waals surface area contributed by atoms with Crippen molar-refractivity contribution in [1.29, 1.82) is 0 Å². The Balaban J connectivity index is 1.37. The fraction of sp³-hybridized carbons (Fsp3) is 0.273. The molecule has 2 aromatic heterocycles. The second kappa shape index (κ2) is 7.72. The van der Waals surface area contributed by atoms with Gasteiger partial charge in [-0.3, -0.25) is 9.89 Å². The van der Waals surface area contributed by atoms with Crippen molar-refractivity contribution < 1.29 is 9.53 Å². The van der Waals surface area contributed by atoms with Gasteiger partial charge < -0.3 is 9.64 Å². The van der Waals surface area contributed by atoms with Crippen molar-refractivity contribution in [2.45, 2.75) is 18.9 Å². The summed E-state index contributed by atoms with van der Waals surface area (Å²) in [5, 5.41) is 16.9. The Morgan fingerprint density at radius 3 is 2.87 bits per heavy atom. The first-order chi connectivity index (χ1) is 14.7. The standard InChI is InChI=1S/C22H22N6O2/c1-30-14-17-5-4-12-27(17)22(29)15-8-10-16(11-9-15)28-13-20(24-26-28)21-18-6-2-3-7-19(18)23-25-21/h2-3,6-11,13,17H,4-5,12,14H2,1H3,(H,23,25). The van der Waals surface area contributed by atoms with Crippen LogP contribution < -0.4 is 0 Å². The van der Waals surface area contributed by atoms with E-state index in [0.29, 0.717) is 17.9 Å². The number of carbonyl (C=O) groups excluding carboxylic acids is 1. The van der Waals surface area contributed by atoms with Crippen LogP contribution in [0.2, 0.25) is 0 Å². The minimum atomic E-state index is 0.0448. The van der Waals surface area contributed by atoms with Gasteiger partial charge in [0.2, 0.25) is 0 Å². The number of amides is 1. The van der Waals surface area contributed by atoms with Crippen LogP contribution in [0.3, 0.4) is 0 Å². The lowest BCUT2D eigenvalue weighted by molar-refractivity contribution is 0.0630. The highest BCUT2D eigenvalue weighted by atomic mass is 16.5. The fourth-order valence-corrected chi connectivity index (χ4v) is 4.05. The largest absolute Gasteiger partial charge is 0.383 e. The first-order valence-corrected chi connectivity index (χ1v) is 10.0. The van der Waals surface area contributed by atoms with Crippen molar-refractivity contribution in [1.82, 2.24) is 30.1 Å². The number of benzene rings is 2. The summed E-state index contributed by atoms with van der Waals surface area (Å²) in [7, 11) is 1.67. The molecule has 2 aromatic carbocycles. The molecular weight excluding hydrogens is 380 g/mol. The first kappa shape index (κ1) is 18.5. The highest BCUT2D eigenvalue weighted by Gasteiger charge is 2.29. The molecule has 3 heterocycles. The summed E-state index contributed by atoms with van der Waals surface area (Å²) < 4.78 is 6.95. The van der Waals surface area contributed by atoms with Gasteiger partial charge in [0.25, 0.3) is 5.91 Å². The minimum Gasteiger partial charge on any atom is -0.383 e. The molecule has 30 heavy (non-hydrogen) atoms. The molecule has 0 spiro atoms. The minimum absolute atomic E-state index is 0.0448. The van der Waals surface area contributed by atoms with Crippen LogP contribution in [0.15, 0.2) is 54.7 Å². The summed E-state index contributed by atoms with van der Waals surface area (Å²) in [6, 6.07) is 15.5. The summed E-state index contributed by atoms with van der Waals surface area (Å²) in [4.78, 5) is 14.8. The molecule has 8 heteroatoms. The van der Waals surface area contributed by atoms with Crippen LogP contribution in [0.4, 0.5) is 0 Å². The summed E-state index contributed by atoms with van der Waals surface area (Å²) in [5.74, 6) is 0.0448. The predicted octanol–water partition coefficient (Wildman–Crippen LogP) is 3.06. The van der Waals surface area contributed by atoms with Crippen LogP contribution in [0.25, 0.3) is 28.0 Å². The van der Waals surface area contributed by atoms with E-state index >= 15 is 0 Å². The number of para-hydroxylation sites is 1. The molecule has 8 nitrogen and oxygen atoms in total. The summed E-state index contributed by atoms with van der Waals surface area (Å²) in [6.07, 6.45) is 3.84. The number of rotatable bonds is 5. The number of likely N-dealkylation sites (tertiary alicyclic amines) is 1. The molecule has 0 bridgehead atoms. The van der Waals surface area contributed by atoms with E-state index in [4.69, 9.17) is 4.74 Å². The normalized spacial score (nSPS) is 16.4. The van der Waals surface area contributed by atoms with E-state index in [2.05, 4.69) is 20.5 Å². The Kier molecular flexibility index (Phi) is 4.76. The van der Waals surface area contributed by atoms with Gasteiger partial charge in [-0.15, -0.1) is 5.10 Å². The second-order valence-electron chi connectivity index (χ2n) is 7.46. The number of aromatic nitrogens is 5. The molecule has 0 radical (unpaired) electrons. The van der Waals surface area contributed by atoms with Gasteiger partial charge in [-0.2, -0.15) is 5.10 Å². The van der Waals surface area contributed by atoms with Crippen LogP contribution in [-0.4, -0.2) is 62.3 Å². The molecule has 5 rings (SSSR count). The zero-order valence-corrected chi connectivity index (χ0v) is 16.7. The molecule has 1 aliphatic rings. The summed E-state index contributed by atoms with van der Waals surface area (Å²) >= 11 is 0. The number of methoxy groups -OCH3 is 1. The molecule has 1 saturated heterocycles. The molecule has 152 valence electrons. The molecule has 1 atom stereocenters. The highest BCUT2D eigenvalue weighted by molar-refractivity contribution is 5.95. The van der Waals surface area contributed by atoms with Gasteiger partial charge in [-0.25, -0.2) is 4.68 Å². The molecule has 0 aliphatic carbocycles. The number of aromatic amines is 1. The van der Waals surface area contributed by atoms with Crippen molar-refractivity contribution in [3.63, 3.8) is 0 Å². The zero-order valence-electron chi connectivity index (χ0n) is 16.7. The quantitative estimate of drug-likeness (QED) is 0.554. The van der Waals surface area contributed by atoms with Gasteiger partial charge in [0.1, 0.15) is 11.4 Å². The third-order valence-corrected chi connectivity index (χ3v) is 5.58. The highest BCUT2D eigenvalue weighted by Crippen LogP contribution is 2.25. The number of ether oxygens (including phenoxy) is 1. The molecule has 1 N–H and O–H groups in total. The predicted molar refractivity (Wildman–Crippen MR) is 112 cm³/mol. The lowest BCUT2D eigenvalue weighted by Gasteiger charge is -2.24. The van der Waals surface area contributed by atoms with E-state index in [1.54, 1.807) is 11.8 Å². The number of H-pyrrole nitrogens is 1. The summed E-state index contributed by atoms with van der Waals surface area (Å²) in [6.45, 7) is 1.35. The third kappa shape index (κ3) is 3.25. The van der Waals surface area contributed by atoms with Crippen molar-refractivity contribution >= 4 is 16.8 Å². The van der Waals surface area contributed by atoms with Crippen LogP contribution in [-0.2, 0) is 4.74 Å². The Labute approximate surface area is 173 Å².